The zero-order chi connectivity index (χ0) is 8.32. The first-order valence-corrected chi connectivity index (χ1v) is 9.24. The van der Waals surface area contributed by atoms with Crippen molar-refractivity contribution in [3.8, 4) is 0 Å². The average molecular weight is 189 g/mol. The third-order valence-corrected chi connectivity index (χ3v) is 4.14. The third kappa shape index (κ3) is 4.18. The van der Waals surface area contributed by atoms with E-state index in [1.807, 2.05) is 0 Å². The number of hydrogen-bond donors (Lipinski definition) is 0. The highest BCUT2D eigenvalue weighted by atomic mass is 32.2. The molecule has 0 aromatic carbocycles. The molecule has 0 bridgehead atoms. The first-order valence-electron chi connectivity index (χ1n) is 4.38. The highest BCUT2D eigenvalue weighted by Gasteiger charge is 2.19. The summed E-state index contributed by atoms with van der Waals surface area (Å²) in [5.74, 6) is 2.70. The minimum atomic E-state index is -0.828. The first kappa shape index (κ1) is 9.61. The lowest BCUT2D eigenvalue weighted by atomic mass is 10.6. The van der Waals surface area contributed by atoms with E-state index in [1.165, 1.54) is 30.8 Å². The fourth-order valence-corrected chi connectivity index (χ4v) is 4.07. The molecule has 1 aliphatic rings. The van der Waals surface area contributed by atoms with Gasteiger partial charge >= 0.3 is 0 Å². The van der Waals surface area contributed by atoms with E-state index in [0.717, 1.165) is 0 Å². The molecule has 0 aliphatic carbocycles. The first-order chi connectivity index (χ1) is 5.08. The summed E-state index contributed by atoms with van der Waals surface area (Å²) in [7, 11) is -0.828. The zero-order valence-corrected chi connectivity index (χ0v) is 9.71. The number of nitrogens with zero attached hydrogens (tertiary/aromatic N) is 1. The Morgan fingerprint density at radius 3 is 2.18 bits per heavy atom. The van der Waals surface area contributed by atoms with Gasteiger partial charge in [0.1, 0.15) is 0 Å². The van der Waals surface area contributed by atoms with E-state index in [9.17, 15) is 0 Å². The summed E-state index contributed by atoms with van der Waals surface area (Å²) in [6.45, 7) is 10.0. The number of rotatable bonds is 2. The molecule has 1 nitrogen and oxygen atoms in total. The van der Waals surface area contributed by atoms with Crippen LogP contribution >= 0.6 is 11.8 Å². The normalized spacial score (nSPS) is 22.1. The second-order valence-corrected chi connectivity index (χ2v) is 11.1. The molecule has 0 radical (unpaired) electrons. The molecule has 3 heteroatoms. The van der Waals surface area contributed by atoms with Crippen LogP contribution in [0.5, 0.6) is 0 Å². The minimum Gasteiger partial charge on any atom is -0.304 e. The average Bonchev–Trinajstić information content (AvgIpc) is 1.85. The largest absolute Gasteiger partial charge is 0.304 e. The SMILES string of the molecule is C[Si](C)(C)CN1CCSCC1. The van der Waals surface area contributed by atoms with Gasteiger partial charge in [0.15, 0.2) is 0 Å². The Bertz CT molecular complexity index is 116. The molecule has 0 aromatic rings. The van der Waals surface area contributed by atoms with Crippen molar-refractivity contribution in [2.45, 2.75) is 19.6 Å². The predicted molar refractivity (Wildman–Crippen MR) is 57.1 cm³/mol. The molecule has 0 N–H and O–H groups in total. The summed E-state index contributed by atoms with van der Waals surface area (Å²) in [5.41, 5.74) is 0. The van der Waals surface area contributed by atoms with Crippen LogP contribution in [0.15, 0.2) is 0 Å². The van der Waals surface area contributed by atoms with Crippen molar-refractivity contribution in [1.82, 2.24) is 4.90 Å². The van der Waals surface area contributed by atoms with Crippen LogP contribution in [0.4, 0.5) is 0 Å². The predicted octanol–water partition coefficient (Wildman–Crippen LogP) is 1.91. The van der Waals surface area contributed by atoms with E-state index in [-0.39, 0.29) is 0 Å². The Kier molecular flexibility index (Phi) is 3.46. The van der Waals surface area contributed by atoms with Crippen LogP contribution < -0.4 is 0 Å². The Balaban J connectivity index is 2.24. The number of hydrogen-bond acceptors (Lipinski definition) is 2. The molecule has 0 atom stereocenters. The molecule has 1 rings (SSSR count). The second kappa shape index (κ2) is 3.96. The molecule has 66 valence electrons. The van der Waals surface area contributed by atoms with Crippen molar-refractivity contribution in [3.05, 3.63) is 0 Å². The van der Waals surface area contributed by atoms with Crippen LogP contribution in [0.1, 0.15) is 0 Å². The highest BCUT2D eigenvalue weighted by Crippen LogP contribution is 2.12. The molecule has 0 amide bonds. The van der Waals surface area contributed by atoms with Crippen LogP contribution in [0, 0.1) is 0 Å². The third-order valence-electron chi connectivity index (χ3n) is 1.80. The summed E-state index contributed by atoms with van der Waals surface area (Å²) < 4.78 is 0. The fraction of sp³-hybridized carbons (Fsp3) is 1.00. The monoisotopic (exact) mass is 189 g/mol. The van der Waals surface area contributed by atoms with Crippen molar-refractivity contribution in [2.24, 2.45) is 0 Å². The van der Waals surface area contributed by atoms with Crippen LogP contribution in [-0.4, -0.2) is 43.7 Å². The van der Waals surface area contributed by atoms with E-state index >= 15 is 0 Å². The Morgan fingerprint density at radius 1 is 1.18 bits per heavy atom. The van der Waals surface area contributed by atoms with Gasteiger partial charge in [-0.25, -0.2) is 0 Å². The van der Waals surface area contributed by atoms with Gasteiger partial charge in [0.25, 0.3) is 0 Å². The van der Waals surface area contributed by atoms with Gasteiger partial charge in [-0.2, -0.15) is 11.8 Å². The topological polar surface area (TPSA) is 3.24 Å². The molecule has 1 saturated heterocycles. The van der Waals surface area contributed by atoms with Gasteiger partial charge in [-0.15, -0.1) is 0 Å². The van der Waals surface area contributed by atoms with Crippen LogP contribution in [0.2, 0.25) is 19.6 Å². The Morgan fingerprint density at radius 2 is 1.73 bits per heavy atom. The van der Waals surface area contributed by atoms with E-state index in [4.69, 9.17) is 0 Å². The lowest BCUT2D eigenvalue weighted by Gasteiger charge is -2.31. The summed E-state index contributed by atoms with van der Waals surface area (Å²) in [6.07, 6.45) is 1.40. The maximum atomic E-state index is 2.64. The molecular weight excluding hydrogens is 170 g/mol. The summed E-state index contributed by atoms with van der Waals surface area (Å²) in [6, 6.07) is 0. The van der Waals surface area contributed by atoms with Gasteiger partial charge in [-0.05, 0) is 6.17 Å². The molecule has 11 heavy (non-hydrogen) atoms. The zero-order valence-electron chi connectivity index (χ0n) is 7.89. The lowest BCUT2D eigenvalue weighted by Crippen LogP contribution is -2.44. The van der Waals surface area contributed by atoms with E-state index in [1.54, 1.807) is 0 Å². The number of thioether (sulfide) groups is 1. The fourth-order valence-electron chi connectivity index (χ4n) is 1.43. The highest BCUT2D eigenvalue weighted by molar-refractivity contribution is 7.99. The smallest absolute Gasteiger partial charge is 0.0599 e. The van der Waals surface area contributed by atoms with Gasteiger partial charge < -0.3 is 4.90 Å². The van der Waals surface area contributed by atoms with Crippen LogP contribution in [-0.2, 0) is 0 Å². The maximum Gasteiger partial charge on any atom is 0.0599 e. The van der Waals surface area contributed by atoms with Crippen molar-refractivity contribution < 1.29 is 0 Å². The summed E-state index contributed by atoms with van der Waals surface area (Å²) in [5, 5.41) is 0. The van der Waals surface area contributed by atoms with Crippen molar-refractivity contribution in [3.63, 3.8) is 0 Å². The van der Waals surface area contributed by atoms with Crippen molar-refractivity contribution in [2.75, 3.05) is 30.8 Å². The van der Waals surface area contributed by atoms with Crippen molar-refractivity contribution in [1.29, 1.82) is 0 Å². The van der Waals surface area contributed by atoms with Crippen LogP contribution in [0.3, 0.4) is 0 Å². The molecular formula is C8H19NSSi. The molecule has 1 aliphatic heterocycles. The maximum absolute atomic E-state index is 2.64. The lowest BCUT2D eigenvalue weighted by molar-refractivity contribution is 0.346. The van der Waals surface area contributed by atoms with E-state index < -0.39 is 8.07 Å². The minimum absolute atomic E-state index is 0.828. The van der Waals surface area contributed by atoms with Gasteiger partial charge in [-0.3, -0.25) is 0 Å². The molecule has 0 spiro atoms. The summed E-state index contributed by atoms with van der Waals surface area (Å²) >= 11 is 2.10. The van der Waals surface area contributed by atoms with E-state index in [2.05, 4.69) is 36.3 Å². The quantitative estimate of drug-likeness (QED) is 0.611. The standard InChI is InChI=1S/C8H19NSSi/c1-11(2,3)8-9-4-6-10-7-5-9/h4-8H2,1-3H3. The van der Waals surface area contributed by atoms with Gasteiger partial charge in [-0.1, -0.05) is 19.6 Å². The van der Waals surface area contributed by atoms with Gasteiger partial charge in [0.05, 0.1) is 8.07 Å². The summed E-state index contributed by atoms with van der Waals surface area (Å²) in [4.78, 5) is 2.64. The molecule has 0 saturated carbocycles. The van der Waals surface area contributed by atoms with Gasteiger partial charge in [0.2, 0.25) is 0 Å². The Labute approximate surface area is 75.6 Å². The van der Waals surface area contributed by atoms with Crippen LogP contribution in [0.25, 0.3) is 0 Å². The second-order valence-electron chi connectivity index (χ2n) is 4.45. The van der Waals surface area contributed by atoms with Gasteiger partial charge in [0, 0.05) is 24.6 Å². The van der Waals surface area contributed by atoms with Crippen molar-refractivity contribution >= 4 is 19.8 Å². The Hall–Kier alpha value is 0.527. The molecule has 0 aromatic heterocycles. The van der Waals surface area contributed by atoms with E-state index in [0.29, 0.717) is 0 Å². The molecule has 0 unspecified atom stereocenters. The molecule has 1 heterocycles. The molecule has 1 fully saturated rings.